The lowest BCUT2D eigenvalue weighted by molar-refractivity contribution is -0.133. The highest BCUT2D eigenvalue weighted by Gasteiger charge is 2.35. The molecule has 1 saturated heterocycles. The average molecular weight is 404 g/mol. The van der Waals surface area contributed by atoms with Crippen molar-refractivity contribution in [1.82, 2.24) is 4.90 Å². The maximum absolute atomic E-state index is 13.2. The van der Waals surface area contributed by atoms with Gasteiger partial charge in [0.05, 0.1) is 30.7 Å². The van der Waals surface area contributed by atoms with E-state index in [1.165, 1.54) is 0 Å². The molecular weight excluding hydrogens is 382 g/mol. The fraction of sp³-hybridized carbons (Fsp3) is 0.350. The molecule has 1 atom stereocenters. The van der Waals surface area contributed by atoms with Gasteiger partial charge in [-0.15, -0.1) is 11.3 Å². The minimum Gasteiger partial charge on any atom is -0.464 e. The second kappa shape index (κ2) is 7.13. The summed E-state index contributed by atoms with van der Waals surface area (Å²) in [7, 11) is -3.06. The number of fused-ring (bicyclic) bond motifs is 1. The lowest BCUT2D eigenvalue weighted by atomic mass is 10.1. The van der Waals surface area contributed by atoms with Crippen LogP contribution in [-0.2, 0) is 27.6 Å². The van der Waals surface area contributed by atoms with Gasteiger partial charge < -0.3 is 9.32 Å². The molecule has 4 rings (SSSR count). The summed E-state index contributed by atoms with van der Waals surface area (Å²) in [6.07, 6.45) is 2.35. The molecule has 1 aliphatic rings. The summed E-state index contributed by atoms with van der Waals surface area (Å²) in [4.78, 5) is 16.0. The second-order valence-corrected chi connectivity index (χ2v) is 10.4. The lowest BCUT2D eigenvalue weighted by Gasteiger charge is -2.28. The van der Waals surface area contributed by atoms with E-state index in [9.17, 15) is 13.2 Å². The molecule has 0 N–H and O–H groups in total. The smallest absolute Gasteiger partial charge is 0.227 e. The number of amides is 1. The molecule has 0 saturated carbocycles. The fourth-order valence-corrected chi connectivity index (χ4v) is 6.04. The highest BCUT2D eigenvalue weighted by Crippen LogP contribution is 2.26. The van der Waals surface area contributed by atoms with Crippen LogP contribution in [0.3, 0.4) is 0 Å². The first kappa shape index (κ1) is 18.3. The van der Waals surface area contributed by atoms with Gasteiger partial charge in [-0.05, 0) is 36.9 Å². The Balaban J connectivity index is 1.60. The standard InChI is InChI=1S/C20H21NO4S2/c1-14-4-5-19-18(9-14)15(12-25-19)10-20(22)21(11-17-3-2-7-26-17)16-6-8-27(23,24)13-16/h2-5,7,9,12,16H,6,8,10-11,13H2,1H3. The molecule has 5 nitrogen and oxygen atoms in total. The van der Waals surface area contributed by atoms with Crippen LogP contribution in [0.2, 0.25) is 0 Å². The van der Waals surface area contributed by atoms with Crippen LogP contribution in [0.1, 0.15) is 22.4 Å². The van der Waals surface area contributed by atoms with Gasteiger partial charge in [0.15, 0.2) is 9.84 Å². The summed E-state index contributed by atoms with van der Waals surface area (Å²) in [6.45, 7) is 2.45. The van der Waals surface area contributed by atoms with Crippen LogP contribution in [-0.4, -0.2) is 36.8 Å². The van der Waals surface area contributed by atoms with Gasteiger partial charge in [-0.1, -0.05) is 17.7 Å². The number of sulfone groups is 1. The number of nitrogens with zero attached hydrogens (tertiary/aromatic N) is 1. The van der Waals surface area contributed by atoms with Gasteiger partial charge >= 0.3 is 0 Å². The molecule has 27 heavy (non-hydrogen) atoms. The lowest BCUT2D eigenvalue weighted by Crippen LogP contribution is -2.41. The number of benzene rings is 1. The number of hydrogen-bond donors (Lipinski definition) is 0. The van der Waals surface area contributed by atoms with E-state index in [-0.39, 0.29) is 29.9 Å². The zero-order valence-electron chi connectivity index (χ0n) is 15.1. The molecule has 0 bridgehead atoms. The number of hydrogen-bond acceptors (Lipinski definition) is 5. The van der Waals surface area contributed by atoms with Crippen molar-refractivity contribution in [3.8, 4) is 0 Å². The van der Waals surface area contributed by atoms with Crippen LogP contribution in [0, 0.1) is 6.92 Å². The van der Waals surface area contributed by atoms with Gasteiger partial charge in [0.1, 0.15) is 5.58 Å². The van der Waals surface area contributed by atoms with E-state index >= 15 is 0 Å². The molecule has 0 aliphatic carbocycles. The van der Waals surface area contributed by atoms with Gasteiger partial charge in [-0.3, -0.25) is 4.79 Å². The van der Waals surface area contributed by atoms with Crippen LogP contribution >= 0.6 is 11.3 Å². The Morgan fingerprint density at radius 1 is 1.33 bits per heavy atom. The molecule has 2 aromatic heterocycles. The Hall–Kier alpha value is -2.12. The molecule has 0 radical (unpaired) electrons. The Labute approximate surface area is 162 Å². The monoisotopic (exact) mass is 403 g/mol. The van der Waals surface area contributed by atoms with Gasteiger partial charge in [-0.2, -0.15) is 0 Å². The summed E-state index contributed by atoms with van der Waals surface area (Å²) >= 11 is 1.58. The third-order valence-electron chi connectivity index (χ3n) is 5.03. The Morgan fingerprint density at radius 2 is 2.19 bits per heavy atom. The van der Waals surface area contributed by atoms with Crippen LogP contribution < -0.4 is 0 Å². The third-order valence-corrected chi connectivity index (χ3v) is 7.64. The zero-order chi connectivity index (χ0) is 19.0. The average Bonchev–Trinajstić information content (AvgIpc) is 3.34. The fourth-order valence-electron chi connectivity index (χ4n) is 3.61. The third kappa shape index (κ3) is 3.94. The molecule has 3 aromatic rings. The SMILES string of the molecule is Cc1ccc2occ(CC(=O)N(Cc3cccs3)C3CCS(=O)(=O)C3)c2c1. The van der Waals surface area contributed by atoms with Crippen molar-refractivity contribution >= 4 is 38.1 Å². The first-order chi connectivity index (χ1) is 12.9. The van der Waals surface area contributed by atoms with Crippen molar-refractivity contribution in [1.29, 1.82) is 0 Å². The molecule has 1 aromatic carbocycles. The number of aryl methyl sites for hydroxylation is 1. The first-order valence-corrected chi connectivity index (χ1v) is 11.6. The zero-order valence-corrected chi connectivity index (χ0v) is 16.7. The van der Waals surface area contributed by atoms with Gasteiger partial charge in [-0.25, -0.2) is 8.42 Å². The van der Waals surface area contributed by atoms with Gasteiger partial charge in [0.2, 0.25) is 5.91 Å². The number of furan rings is 1. The highest BCUT2D eigenvalue weighted by molar-refractivity contribution is 7.91. The Kier molecular flexibility index (Phi) is 4.82. The van der Waals surface area contributed by atoms with Gasteiger partial charge in [0, 0.05) is 21.9 Å². The van der Waals surface area contributed by atoms with Crippen LogP contribution in [0.5, 0.6) is 0 Å². The summed E-state index contributed by atoms with van der Waals surface area (Å²) in [5.41, 5.74) is 2.71. The van der Waals surface area contributed by atoms with E-state index < -0.39 is 9.84 Å². The van der Waals surface area contributed by atoms with Crippen molar-refractivity contribution in [3.05, 3.63) is 58.0 Å². The van der Waals surface area contributed by atoms with E-state index in [0.717, 1.165) is 27.0 Å². The van der Waals surface area contributed by atoms with Crippen molar-refractivity contribution in [2.75, 3.05) is 11.5 Å². The maximum atomic E-state index is 13.2. The molecule has 1 amide bonds. The molecule has 7 heteroatoms. The summed E-state index contributed by atoms with van der Waals surface area (Å²) in [6, 6.07) is 9.57. The van der Waals surface area contributed by atoms with E-state index in [1.807, 2.05) is 42.6 Å². The minimum atomic E-state index is -3.06. The molecule has 142 valence electrons. The van der Waals surface area contributed by atoms with Crippen molar-refractivity contribution in [2.24, 2.45) is 0 Å². The van der Waals surface area contributed by atoms with Gasteiger partial charge in [0.25, 0.3) is 0 Å². The van der Waals surface area contributed by atoms with E-state index in [4.69, 9.17) is 4.42 Å². The molecule has 1 fully saturated rings. The summed E-state index contributed by atoms with van der Waals surface area (Å²) in [5, 5.41) is 2.91. The second-order valence-electron chi connectivity index (χ2n) is 7.10. The summed E-state index contributed by atoms with van der Waals surface area (Å²) in [5.74, 6) is 0.143. The van der Waals surface area contributed by atoms with Crippen molar-refractivity contribution in [2.45, 2.75) is 32.4 Å². The van der Waals surface area contributed by atoms with E-state index in [1.54, 1.807) is 22.5 Å². The van der Waals surface area contributed by atoms with Crippen LogP contribution in [0.4, 0.5) is 0 Å². The molecule has 1 aliphatic heterocycles. The topological polar surface area (TPSA) is 67.6 Å². The largest absolute Gasteiger partial charge is 0.464 e. The molecule has 1 unspecified atom stereocenters. The van der Waals surface area contributed by atoms with E-state index in [0.29, 0.717) is 13.0 Å². The molecule has 3 heterocycles. The van der Waals surface area contributed by atoms with E-state index in [2.05, 4.69) is 0 Å². The number of rotatable bonds is 5. The molecule has 0 spiro atoms. The predicted octanol–water partition coefficient (Wildman–Crippen LogP) is 3.56. The Bertz CT molecular complexity index is 1070. The minimum absolute atomic E-state index is 0.0510. The number of carbonyl (C=O) groups is 1. The van der Waals surface area contributed by atoms with Crippen LogP contribution in [0.25, 0.3) is 11.0 Å². The molecular formula is C20H21NO4S2. The summed E-state index contributed by atoms with van der Waals surface area (Å²) < 4.78 is 29.5. The number of thiophene rings is 1. The maximum Gasteiger partial charge on any atom is 0.227 e. The first-order valence-electron chi connectivity index (χ1n) is 8.90. The quantitative estimate of drug-likeness (QED) is 0.653. The van der Waals surface area contributed by atoms with Crippen molar-refractivity contribution < 1.29 is 17.6 Å². The Morgan fingerprint density at radius 3 is 2.89 bits per heavy atom. The van der Waals surface area contributed by atoms with Crippen LogP contribution in [0.15, 0.2) is 46.4 Å². The number of carbonyl (C=O) groups excluding carboxylic acids is 1. The van der Waals surface area contributed by atoms with Crippen molar-refractivity contribution in [3.63, 3.8) is 0 Å². The predicted molar refractivity (Wildman–Crippen MR) is 107 cm³/mol. The highest BCUT2D eigenvalue weighted by atomic mass is 32.2. The normalized spacial score (nSPS) is 18.8.